The Bertz CT molecular complexity index is 833. The van der Waals surface area contributed by atoms with Gasteiger partial charge in [0.2, 0.25) is 11.8 Å². The maximum atomic E-state index is 13.0. The van der Waals surface area contributed by atoms with E-state index < -0.39 is 23.4 Å². The van der Waals surface area contributed by atoms with Crippen LogP contribution >= 0.6 is 0 Å². The highest BCUT2D eigenvalue weighted by Gasteiger charge is 2.56. The number of nitrogens with two attached hydrogens (primary N) is 1. The Morgan fingerprint density at radius 3 is 2.43 bits per heavy atom. The number of urea groups is 1. The van der Waals surface area contributed by atoms with Crippen molar-refractivity contribution in [2.75, 3.05) is 11.9 Å². The zero-order chi connectivity index (χ0) is 20.7. The molecule has 0 radical (unpaired) electrons. The standard InChI is InChI=1S/C20H26N4O4/c1-12-8-19(2,3)11-20(9-12)17(27)24(18(28)23-20)10-15(25)22-14-6-4-13(5-7-14)16(21)26/h4-7,12H,8-11H2,1-3H3,(H2,21,26)(H,22,25)(H,23,28). The van der Waals surface area contributed by atoms with Gasteiger partial charge in [-0.3, -0.25) is 19.3 Å². The van der Waals surface area contributed by atoms with Crippen molar-refractivity contribution < 1.29 is 19.2 Å². The summed E-state index contributed by atoms with van der Waals surface area (Å²) < 4.78 is 0. The second kappa shape index (κ2) is 6.92. The van der Waals surface area contributed by atoms with Gasteiger partial charge in [-0.2, -0.15) is 0 Å². The van der Waals surface area contributed by atoms with E-state index in [9.17, 15) is 19.2 Å². The van der Waals surface area contributed by atoms with E-state index >= 15 is 0 Å². The van der Waals surface area contributed by atoms with Gasteiger partial charge in [-0.1, -0.05) is 20.8 Å². The number of carbonyl (C=O) groups excluding carboxylic acids is 4. The number of amides is 5. The number of anilines is 1. The first-order valence-electron chi connectivity index (χ1n) is 9.35. The highest BCUT2D eigenvalue weighted by Crippen LogP contribution is 2.46. The summed E-state index contributed by atoms with van der Waals surface area (Å²) in [5.41, 5.74) is 4.96. The number of benzene rings is 1. The van der Waals surface area contributed by atoms with E-state index in [4.69, 9.17) is 5.73 Å². The average Bonchev–Trinajstić information content (AvgIpc) is 2.77. The smallest absolute Gasteiger partial charge is 0.325 e. The van der Waals surface area contributed by atoms with Crippen LogP contribution in [0.15, 0.2) is 24.3 Å². The third-order valence-electron chi connectivity index (χ3n) is 5.38. The van der Waals surface area contributed by atoms with Gasteiger partial charge in [0.1, 0.15) is 12.1 Å². The minimum atomic E-state index is -0.929. The molecule has 3 rings (SSSR count). The van der Waals surface area contributed by atoms with Crippen molar-refractivity contribution in [1.82, 2.24) is 10.2 Å². The van der Waals surface area contributed by atoms with Crippen molar-refractivity contribution in [2.24, 2.45) is 17.1 Å². The molecule has 1 aliphatic heterocycles. The number of primary amides is 1. The molecule has 2 unspecified atom stereocenters. The third-order valence-corrected chi connectivity index (χ3v) is 5.38. The molecule has 1 aromatic carbocycles. The Kier molecular flexibility index (Phi) is 4.91. The zero-order valence-electron chi connectivity index (χ0n) is 16.4. The van der Waals surface area contributed by atoms with Gasteiger partial charge in [-0.05, 0) is 54.9 Å². The molecule has 5 amide bonds. The number of nitrogens with zero attached hydrogens (tertiary/aromatic N) is 1. The first-order chi connectivity index (χ1) is 13.0. The van der Waals surface area contributed by atoms with Gasteiger partial charge in [0, 0.05) is 11.3 Å². The second-order valence-corrected chi connectivity index (χ2v) is 8.75. The fourth-order valence-corrected chi connectivity index (χ4v) is 4.71. The topological polar surface area (TPSA) is 122 Å². The predicted octanol–water partition coefficient (Wildman–Crippen LogP) is 1.86. The molecule has 8 nitrogen and oxygen atoms in total. The lowest BCUT2D eigenvalue weighted by molar-refractivity contribution is -0.136. The number of imide groups is 1. The van der Waals surface area contributed by atoms with Crippen LogP contribution in [0.3, 0.4) is 0 Å². The summed E-state index contributed by atoms with van der Waals surface area (Å²) in [6.45, 7) is 5.90. The molecular formula is C20H26N4O4. The monoisotopic (exact) mass is 386 g/mol. The molecule has 2 atom stereocenters. The van der Waals surface area contributed by atoms with Crippen LogP contribution in [0.1, 0.15) is 50.4 Å². The third kappa shape index (κ3) is 3.85. The summed E-state index contributed by atoms with van der Waals surface area (Å²) >= 11 is 0. The molecule has 4 N–H and O–H groups in total. The molecular weight excluding hydrogens is 360 g/mol. The first-order valence-corrected chi connectivity index (χ1v) is 9.35. The maximum Gasteiger partial charge on any atom is 0.325 e. The molecule has 1 aromatic rings. The van der Waals surface area contributed by atoms with Crippen LogP contribution in [0, 0.1) is 11.3 Å². The van der Waals surface area contributed by atoms with E-state index in [2.05, 4.69) is 31.4 Å². The van der Waals surface area contributed by atoms with Gasteiger partial charge in [0.25, 0.3) is 5.91 Å². The van der Waals surface area contributed by atoms with Crippen molar-refractivity contribution in [3.8, 4) is 0 Å². The van der Waals surface area contributed by atoms with Gasteiger partial charge >= 0.3 is 6.03 Å². The summed E-state index contributed by atoms with van der Waals surface area (Å²) in [7, 11) is 0. The van der Waals surface area contributed by atoms with Crippen molar-refractivity contribution in [1.29, 1.82) is 0 Å². The minimum absolute atomic E-state index is 0.0684. The molecule has 0 aromatic heterocycles. The maximum absolute atomic E-state index is 13.0. The van der Waals surface area contributed by atoms with E-state index in [-0.39, 0.29) is 17.9 Å². The quantitative estimate of drug-likeness (QED) is 0.684. The van der Waals surface area contributed by atoms with Gasteiger partial charge in [0.15, 0.2) is 0 Å². The van der Waals surface area contributed by atoms with Crippen LogP contribution < -0.4 is 16.4 Å². The Balaban J connectivity index is 1.68. The predicted molar refractivity (Wildman–Crippen MR) is 103 cm³/mol. The number of nitrogens with one attached hydrogen (secondary N) is 2. The molecule has 1 saturated heterocycles. The second-order valence-electron chi connectivity index (χ2n) is 8.75. The Morgan fingerprint density at radius 1 is 1.21 bits per heavy atom. The largest absolute Gasteiger partial charge is 0.366 e. The Hall–Kier alpha value is -2.90. The molecule has 1 spiro atoms. The minimum Gasteiger partial charge on any atom is -0.366 e. The van der Waals surface area contributed by atoms with E-state index in [0.29, 0.717) is 30.0 Å². The highest BCUT2D eigenvalue weighted by molar-refractivity contribution is 6.10. The molecule has 8 heteroatoms. The van der Waals surface area contributed by atoms with Crippen molar-refractivity contribution in [2.45, 2.75) is 45.6 Å². The summed E-state index contributed by atoms with van der Waals surface area (Å²) in [5, 5.41) is 5.48. The molecule has 1 saturated carbocycles. The number of rotatable bonds is 4. The van der Waals surface area contributed by atoms with Crippen LogP contribution in [-0.2, 0) is 9.59 Å². The summed E-state index contributed by atoms with van der Waals surface area (Å²) in [4.78, 5) is 49.9. The van der Waals surface area contributed by atoms with Gasteiger partial charge < -0.3 is 16.4 Å². The fraction of sp³-hybridized carbons (Fsp3) is 0.500. The number of hydrogen-bond acceptors (Lipinski definition) is 4. The van der Waals surface area contributed by atoms with Crippen molar-refractivity contribution in [3.05, 3.63) is 29.8 Å². The number of carbonyl (C=O) groups is 4. The van der Waals surface area contributed by atoms with Crippen LogP contribution in [0.4, 0.5) is 10.5 Å². The fourth-order valence-electron chi connectivity index (χ4n) is 4.71. The molecule has 1 aliphatic carbocycles. The van der Waals surface area contributed by atoms with Gasteiger partial charge in [-0.25, -0.2) is 4.79 Å². The van der Waals surface area contributed by atoms with Crippen molar-refractivity contribution in [3.63, 3.8) is 0 Å². The lowest BCUT2D eigenvalue weighted by Gasteiger charge is -2.43. The molecule has 28 heavy (non-hydrogen) atoms. The summed E-state index contributed by atoms with van der Waals surface area (Å²) in [6, 6.07) is 5.53. The highest BCUT2D eigenvalue weighted by atomic mass is 16.2. The van der Waals surface area contributed by atoms with Crippen LogP contribution in [-0.4, -0.2) is 40.7 Å². The lowest BCUT2D eigenvalue weighted by atomic mass is 9.64. The molecule has 2 fully saturated rings. The Morgan fingerprint density at radius 2 is 1.86 bits per heavy atom. The van der Waals surface area contributed by atoms with E-state index in [1.165, 1.54) is 24.3 Å². The van der Waals surface area contributed by atoms with E-state index in [1.54, 1.807) is 0 Å². The van der Waals surface area contributed by atoms with E-state index in [0.717, 1.165) is 11.3 Å². The van der Waals surface area contributed by atoms with Crippen LogP contribution in [0.25, 0.3) is 0 Å². The zero-order valence-corrected chi connectivity index (χ0v) is 16.4. The normalized spacial score (nSPS) is 26.2. The first kappa shape index (κ1) is 19.9. The van der Waals surface area contributed by atoms with Crippen LogP contribution in [0.2, 0.25) is 0 Å². The average molecular weight is 386 g/mol. The van der Waals surface area contributed by atoms with Crippen molar-refractivity contribution >= 4 is 29.4 Å². The van der Waals surface area contributed by atoms with Gasteiger partial charge in [0.05, 0.1) is 0 Å². The van der Waals surface area contributed by atoms with Gasteiger partial charge in [-0.15, -0.1) is 0 Å². The Labute approximate surface area is 163 Å². The molecule has 0 bridgehead atoms. The van der Waals surface area contributed by atoms with Crippen LogP contribution in [0.5, 0.6) is 0 Å². The SMILES string of the molecule is CC1CC(C)(C)CC2(C1)NC(=O)N(CC(=O)Nc1ccc(C(N)=O)cc1)C2=O. The molecule has 150 valence electrons. The number of hydrogen-bond donors (Lipinski definition) is 3. The summed E-state index contributed by atoms with van der Waals surface area (Å²) in [6.07, 6.45) is 2.12. The molecule has 2 aliphatic rings. The lowest BCUT2D eigenvalue weighted by Crippen LogP contribution is -2.54. The summed E-state index contributed by atoms with van der Waals surface area (Å²) in [5.74, 6) is -1.09. The molecule has 1 heterocycles. The van der Waals surface area contributed by atoms with E-state index in [1.807, 2.05) is 0 Å².